The fraction of sp³-hybridized carbons (Fsp3) is 0.188. The van der Waals surface area contributed by atoms with Crippen LogP contribution in [0.3, 0.4) is 0 Å². The number of amides is 1. The summed E-state index contributed by atoms with van der Waals surface area (Å²) in [4.78, 5) is 12.1. The van der Waals surface area contributed by atoms with Gasteiger partial charge in [0.25, 0.3) is 5.91 Å². The number of aliphatic hydroxyl groups excluding tert-OH is 1. The molecule has 0 aliphatic heterocycles. The zero-order valence-electron chi connectivity index (χ0n) is 11.3. The summed E-state index contributed by atoms with van der Waals surface area (Å²) < 4.78 is 39.7. The molecular weight excluding hydrogens is 295 g/mol. The fourth-order valence-electron chi connectivity index (χ4n) is 2.67. The standard InChI is InChI=1S/C16H12F3NO2/c17-11-6-5-10(13(18)14(11)19)16(22)20-15-9-4-2-1-3-8(9)7-12(15)21/h1-6,12,15,21H,7H2,(H,20,22)/t12-,15+/m1/s1. The molecule has 22 heavy (non-hydrogen) atoms. The molecular formula is C16H12F3NO2. The van der Waals surface area contributed by atoms with E-state index in [0.717, 1.165) is 17.2 Å². The molecule has 2 aromatic rings. The van der Waals surface area contributed by atoms with Gasteiger partial charge in [-0.3, -0.25) is 4.79 Å². The first-order valence-electron chi connectivity index (χ1n) is 6.69. The number of hydrogen-bond acceptors (Lipinski definition) is 2. The summed E-state index contributed by atoms with van der Waals surface area (Å²) in [6, 6.07) is 7.99. The van der Waals surface area contributed by atoms with E-state index in [1.807, 2.05) is 12.1 Å². The lowest BCUT2D eigenvalue weighted by molar-refractivity contribution is 0.0853. The molecule has 0 saturated heterocycles. The Morgan fingerprint density at radius 1 is 1.09 bits per heavy atom. The molecule has 0 fully saturated rings. The number of hydrogen-bond donors (Lipinski definition) is 2. The Morgan fingerprint density at radius 3 is 2.59 bits per heavy atom. The molecule has 0 spiro atoms. The zero-order chi connectivity index (χ0) is 15.9. The molecule has 6 heteroatoms. The molecule has 2 aromatic carbocycles. The van der Waals surface area contributed by atoms with Gasteiger partial charge < -0.3 is 10.4 Å². The molecule has 0 unspecified atom stereocenters. The maximum Gasteiger partial charge on any atom is 0.254 e. The van der Waals surface area contributed by atoms with Gasteiger partial charge in [0.05, 0.1) is 17.7 Å². The van der Waals surface area contributed by atoms with Gasteiger partial charge in [-0.25, -0.2) is 13.2 Å². The van der Waals surface area contributed by atoms with E-state index in [9.17, 15) is 23.1 Å². The van der Waals surface area contributed by atoms with E-state index in [0.29, 0.717) is 12.5 Å². The Kier molecular flexibility index (Phi) is 3.62. The van der Waals surface area contributed by atoms with Crippen molar-refractivity contribution in [3.8, 4) is 0 Å². The zero-order valence-corrected chi connectivity index (χ0v) is 11.3. The van der Waals surface area contributed by atoms with Crippen LogP contribution in [0.1, 0.15) is 27.5 Å². The molecule has 3 nitrogen and oxygen atoms in total. The average Bonchev–Trinajstić information content (AvgIpc) is 2.81. The molecule has 114 valence electrons. The quantitative estimate of drug-likeness (QED) is 0.838. The maximum atomic E-state index is 13.6. The number of nitrogens with one attached hydrogen (secondary N) is 1. The van der Waals surface area contributed by atoms with Gasteiger partial charge in [0, 0.05) is 6.42 Å². The van der Waals surface area contributed by atoms with Crippen LogP contribution in [0.25, 0.3) is 0 Å². The smallest absolute Gasteiger partial charge is 0.254 e. The van der Waals surface area contributed by atoms with Crippen LogP contribution in [0.5, 0.6) is 0 Å². The van der Waals surface area contributed by atoms with Crippen molar-refractivity contribution >= 4 is 5.91 Å². The molecule has 3 rings (SSSR count). The van der Waals surface area contributed by atoms with Crippen molar-refractivity contribution in [1.82, 2.24) is 5.32 Å². The number of benzene rings is 2. The predicted molar refractivity (Wildman–Crippen MR) is 72.7 cm³/mol. The van der Waals surface area contributed by atoms with Crippen LogP contribution in [0.2, 0.25) is 0 Å². The van der Waals surface area contributed by atoms with Crippen LogP contribution in [-0.2, 0) is 6.42 Å². The van der Waals surface area contributed by atoms with Gasteiger partial charge in [0.1, 0.15) is 0 Å². The van der Waals surface area contributed by atoms with E-state index in [1.54, 1.807) is 12.1 Å². The molecule has 0 radical (unpaired) electrons. The largest absolute Gasteiger partial charge is 0.390 e. The summed E-state index contributed by atoms with van der Waals surface area (Å²) in [5.74, 6) is -5.50. The third-order valence-corrected chi connectivity index (χ3v) is 3.77. The third-order valence-electron chi connectivity index (χ3n) is 3.77. The Bertz CT molecular complexity index is 748. The van der Waals surface area contributed by atoms with Crippen LogP contribution < -0.4 is 5.32 Å². The Balaban J connectivity index is 1.88. The van der Waals surface area contributed by atoms with Crippen molar-refractivity contribution in [3.05, 3.63) is 70.5 Å². The summed E-state index contributed by atoms with van der Waals surface area (Å²) in [5, 5.41) is 12.5. The summed E-state index contributed by atoms with van der Waals surface area (Å²) in [6.45, 7) is 0. The molecule has 1 aliphatic carbocycles. The number of carbonyl (C=O) groups excluding carboxylic acids is 1. The van der Waals surface area contributed by atoms with Crippen LogP contribution >= 0.6 is 0 Å². The summed E-state index contributed by atoms with van der Waals surface area (Å²) in [7, 11) is 0. The summed E-state index contributed by atoms with van der Waals surface area (Å²) in [5.41, 5.74) is 1.01. The normalized spacial score (nSPS) is 19.8. The van der Waals surface area contributed by atoms with E-state index in [4.69, 9.17) is 0 Å². The Labute approximate surface area is 124 Å². The van der Waals surface area contributed by atoms with Crippen molar-refractivity contribution < 1.29 is 23.1 Å². The summed E-state index contributed by atoms with van der Waals surface area (Å²) in [6.07, 6.45) is -0.490. The predicted octanol–water partition coefficient (Wildman–Crippen LogP) is 2.49. The van der Waals surface area contributed by atoms with Gasteiger partial charge in [-0.1, -0.05) is 24.3 Å². The second-order valence-electron chi connectivity index (χ2n) is 5.14. The Morgan fingerprint density at radius 2 is 1.82 bits per heavy atom. The number of carbonyl (C=O) groups is 1. The second kappa shape index (κ2) is 5.46. The van der Waals surface area contributed by atoms with E-state index in [1.165, 1.54) is 0 Å². The molecule has 0 heterocycles. The van der Waals surface area contributed by atoms with E-state index < -0.39 is 41.1 Å². The Hall–Kier alpha value is -2.34. The van der Waals surface area contributed by atoms with Crippen molar-refractivity contribution in [2.45, 2.75) is 18.6 Å². The molecule has 2 atom stereocenters. The monoisotopic (exact) mass is 307 g/mol. The first-order chi connectivity index (χ1) is 10.5. The highest BCUT2D eigenvalue weighted by Gasteiger charge is 2.32. The minimum absolute atomic E-state index is 0.362. The lowest BCUT2D eigenvalue weighted by atomic mass is 10.1. The molecule has 1 aliphatic rings. The van der Waals surface area contributed by atoms with Crippen molar-refractivity contribution in [2.75, 3.05) is 0 Å². The summed E-state index contributed by atoms with van der Waals surface area (Å²) >= 11 is 0. The molecule has 1 amide bonds. The van der Waals surface area contributed by atoms with Crippen molar-refractivity contribution in [3.63, 3.8) is 0 Å². The SMILES string of the molecule is O=C(N[C@H]1c2ccccc2C[C@H]1O)c1ccc(F)c(F)c1F. The first-order valence-corrected chi connectivity index (χ1v) is 6.69. The van der Waals surface area contributed by atoms with Crippen molar-refractivity contribution in [2.24, 2.45) is 0 Å². The highest BCUT2D eigenvalue weighted by atomic mass is 19.2. The highest BCUT2D eigenvalue weighted by Crippen LogP contribution is 2.31. The van der Waals surface area contributed by atoms with Crippen molar-refractivity contribution in [1.29, 1.82) is 0 Å². The van der Waals surface area contributed by atoms with Gasteiger partial charge >= 0.3 is 0 Å². The number of halogens is 3. The van der Waals surface area contributed by atoms with Gasteiger partial charge in [0.15, 0.2) is 17.5 Å². The average molecular weight is 307 g/mol. The number of rotatable bonds is 2. The molecule has 0 aromatic heterocycles. The van der Waals surface area contributed by atoms with Crippen LogP contribution in [0.15, 0.2) is 36.4 Å². The fourth-order valence-corrected chi connectivity index (χ4v) is 2.67. The lowest BCUT2D eigenvalue weighted by Gasteiger charge is -2.18. The second-order valence-corrected chi connectivity index (χ2v) is 5.14. The van der Waals surface area contributed by atoms with Gasteiger partial charge in [-0.15, -0.1) is 0 Å². The van der Waals surface area contributed by atoms with E-state index in [-0.39, 0.29) is 0 Å². The van der Waals surface area contributed by atoms with Gasteiger partial charge in [-0.2, -0.15) is 0 Å². The number of aliphatic hydroxyl groups is 1. The maximum absolute atomic E-state index is 13.6. The van der Waals surface area contributed by atoms with Crippen LogP contribution in [0, 0.1) is 17.5 Å². The molecule has 2 N–H and O–H groups in total. The number of fused-ring (bicyclic) bond motifs is 1. The van der Waals surface area contributed by atoms with E-state index in [2.05, 4.69) is 5.32 Å². The third kappa shape index (κ3) is 2.35. The molecule has 0 bridgehead atoms. The van der Waals surface area contributed by atoms with E-state index >= 15 is 0 Å². The first kappa shape index (κ1) is 14.6. The molecule has 0 saturated carbocycles. The highest BCUT2D eigenvalue weighted by molar-refractivity contribution is 5.94. The van der Waals surface area contributed by atoms with Gasteiger partial charge in [-0.05, 0) is 23.3 Å². The minimum atomic E-state index is -1.69. The lowest BCUT2D eigenvalue weighted by Crippen LogP contribution is -2.34. The minimum Gasteiger partial charge on any atom is -0.390 e. The topological polar surface area (TPSA) is 49.3 Å². The van der Waals surface area contributed by atoms with Gasteiger partial charge in [0.2, 0.25) is 0 Å². The van der Waals surface area contributed by atoms with Crippen LogP contribution in [-0.4, -0.2) is 17.1 Å². The van der Waals surface area contributed by atoms with Crippen LogP contribution in [0.4, 0.5) is 13.2 Å².